The van der Waals surface area contributed by atoms with E-state index in [4.69, 9.17) is 4.74 Å². The molecule has 2 fully saturated rings. The van der Waals surface area contributed by atoms with E-state index in [0.29, 0.717) is 13.1 Å². The van der Waals surface area contributed by atoms with Crippen molar-refractivity contribution < 1.29 is 14.3 Å². The van der Waals surface area contributed by atoms with Crippen molar-refractivity contribution in [3.05, 3.63) is 29.3 Å². The number of anilines is 1. The van der Waals surface area contributed by atoms with Gasteiger partial charge in [0.15, 0.2) is 0 Å². The lowest BCUT2D eigenvalue weighted by Crippen LogP contribution is -2.60. The molecular weight excluding hydrogens is 416 g/mol. The molecule has 1 saturated carbocycles. The lowest BCUT2D eigenvalue weighted by molar-refractivity contribution is -0.121. The fraction of sp³-hybridized carbons (Fsp3) is 0.692. The van der Waals surface area contributed by atoms with Crippen molar-refractivity contribution in [3.8, 4) is 0 Å². The van der Waals surface area contributed by atoms with Gasteiger partial charge in [0.2, 0.25) is 5.91 Å². The van der Waals surface area contributed by atoms with Crippen molar-refractivity contribution in [3.63, 3.8) is 0 Å². The summed E-state index contributed by atoms with van der Waals surface area (Å²) in [5, 5.41) is 6.30. The second kappa shape index (κ2) is 10.9. The van der Waals surface area contributed by atoms with Crippen LogP contribution in [0.4, 0.5) is 5.69 Å². The van der Waals surface area contributed by atoms with Gasteiger partial charge in [-0.05, 0) is 57.2 Å². The number of benzene rings is 1. The lowest BCUT2D eigenvalue weighted by atomic mass is 9.79. The predicted molar refractivity (Wildman–Crippen MR) is 131 cm³/mol. The number of nitrogens with zero attached hydrogens (tertiary/aromatic N) is 2. The van der Waals surface area contributed by atoms with E-state index in [1.54, 1.807) is 0 Å². The zero-order chi connectivity index (χ0) is 23.3. The van der Waals surface area contributed by atoms with E-state index >= 15 is 0 Å². The van der Waals surface area contributed by atoms with Gasteiger partial charge in [-0.3, -0.25) is 14.5 Å². The third kappa shape index (κ3) is 5.69. The fourth-order valence-electron chi connectivity index (χ4n) is 5.76. The van der Waals surface area contributed by atoms with Crippen LogP contribution in [0, 0.1) is 0 Å². The highest BCUT2D eigenvalue weighted by molar-refractivity contribution is 5.97. The molecule has 0 unspecified atom stereocenters. The summed E-state index contributed by atoms with van der Waals surface area (Å²) in [5.74, 6) is 0.0380. The van der Waals surface area contributed by atoms with Crippen LogP contribution in [0.15, 0.2) is 18.2 Å². The molecular formula is C26H40N4O3. The van der Waals surface area contributed by atoms with Crippen molar-refractivity contribution in [2.75, 3.05) is 50.8 Å². The third-order valence-electron chi connectivity index (χ3n) is 7.43. The molecule has 0 bridgehead atoms. The molecule has 1 saturated heterocycles. The van der Waals surface area contributed by atoms with Crippen LogP contribution >= 0.6 is 0 Å². The first-order chi connectivity index (χ1) is 16.0. The zero-order valence-corrected chi connectivity index (χ0v) is 20.3. The molecule has 33 heavy (non-hydrogen) atoms. The van der Waals surface area contributed by atoms with Crippen LogP contribution < -0.4 is 15.5 Å². The van der Waals surface area contributed by atoms with E-state index in [9.17, 15) is 9.59 Å². The quantitative estimate of drug-likeness (QED) is 0.660. The maximum absolute atomic E-state index is 13.1. The molecule has 2 aliphatic heterocycles. The maximum atomic E-state index is 13.1. The van der Waals surface area contributed by atoms with Gasteiger partial charge in [0.1, 0.15) is 0 Å². The van der Waals surface area contributed by atoms with Crippen LogP contribution in [-0.4, -0.2) is 74.2 Å². The van der Waals surface area contributed by atoms with Crippen LogP contribution in [0.3, 0.4) is 0 Å². The summed E-state index contributed by atoms with van der Waals surface area (Å²) < 4.78 is 5.58. The molecule has 2 N–H and O–H groups in total. The Balaban J connectivity index is 1.41. The van der Waals surface area contributed by atoms with Crippen LogP contribution in [-0.2, 0) is 16.0 Å². The summed E-state index contributed by atoms with van der Waals surface area (Å²) >= 11 is 0. The maximum Gasteiger partial charge on any atom is 0.251 e. The SMILES string of the molecule is CC(C)NC(=O)c1cccc2c1CCCN2CC(=O)NCC1(N2CCOCC2)CCCCC1. The topological polar surface area (TPSA) is 73.9 Å². The average Bonchev–Trinajstić information content (AvgIpc) is 2.83. The number of rotatable bonds is 7. The number of carbonyl (C=O) groups is 2. The first-order valence-corrected chi connectivity index (χ1v) is 12.8. The largest absolute Gasteiger partial charge is 0.379 e. The molecule has 1 aromatic carbocycles. The molecule has 0 aromatic heterocycles. The van der Waals surface area contributed by atoms with Gasteiger partial charge in [-0.2, -0.15) is 0 Å². The van der Waals surface area contributed by atoms with E-state index in [2.05, 4.69) is 20.4 Å². The van der Waals surface area contributed by atoms with Gasteiger partial charge in [-0.1, -0.05) is 25.3 Å². The summed E-state index contributed by atoms with van der Waals surface area (Å²) in [6.07, 6.45) is 7.86. The zero-order valence-electron chi connectivity index (χ0n) is 20.3. The molecule has 1 aliphatic carbocycles. The number of nitrogens with one attached hydrogen (secondary N) is 2. The minimum Gasteiger partial charge on any atom is -0.379 e. The van der Waals surface area contributed by atoms with E-state index in [1.165, 1.54) is 19.3 Å². The van der Waals surface area contributed by atoms with Gasteiger partial charge in [-0.25, -0.2) is 0 Å². The summed E-state index contributed by atoms with van der Waals surface area (Å²) in [5.41, 5.74) is 2.89. The van der Waals surface area contributed by atoms with Crippen molar-refractivity contribution in [2.24, 2.45) is 0 Å². The lowest BCUT2D eigenvalue weighted by Gasteiger charge is -2.48. The van der Waals surface area contributed by atoms with Crippen molar-refractivity contribution >= 4 is 17.5 Å². The number of morpholine rings is 1. The van der Waals surface area contributed by atoms with Gasteiger partial charge >= 0.3 is 0 Å². The Labute approximate surface area is 198 Å². The summed E-state index contributed by atoms with van der Waals surface area (Å²) in [6.45, 7) is 9.31. The van der Waals surface area contributed by atoms with Crippen molar-refractivity contribution in [2.45, 2.75) is 70.4 Å². The number of hydrogen-bond donors (Lipinski definition) is 2. The van der Waals surface area contributed by atoms with Crippen molar-refractivity contribution in [1.82, 2.24) is 15.5 Å². The molecule has 2 amide bonds. The minimum atomic E-state index is -0.0297. The summed E-state index contributed by atoms with van der Waals surface area (Å²) in [7, 11) is 0. The number of amides is 2. The molecule has 1 aromatic rings. The number of carbonyl (C=O) groups excluding carboxylic acids is 2. The number of ether oxygens (including phenoxy) is 1. The average molecular weight is 457 g/mol. The molecule has 7 heteroatoms. The van der Waals surface area contributed by atoms with Crippen LogP contribution in [0.2, 0.25) is 0 Å². The van der Waals surface area contributed by atoms with Crippen LogP contribution in [0.25, 0.3) is 0 Å². The second-order valence-corrected chi connectivity index (χ2v) is 10.1. The van der Waals surface area contributed by atoms with Gasteiger partial charge < -0.3 is 20.3 Å². The Hall–Kier alpha value is -2.12. The molecule has 0 spiro atoms. The highest BCUT2D eigenvalue weighted by Crippen LogP contribution is 2.34. The first-order valence-electron chi connectivity index (χ1n) is 12.8. The van der Waals surface area contributed by atoms with Gasteiger partial charge in [0.05, 0.1) is 19.8 Å². The number of fused-ring (bicyclic) bond motifs is 1. The van der Waals surface area contributed by atoms with E-state index in [1.807, 2.05) is 32.0 Å². The van der Waals surface area contributed by atoms with E-state index in [0.717, 1.165) is 75.3 Å². The molecule has 3 aliphatic rings. The third-order valence-corrected chi connectivity index (χ3v) is 7.43. The number of hydrogen-bond acceptors (Lipinski definition) is 5. The van der Waals surface area contributed by atoms with Crippen LogP contribution in [0.5, 0.6) is 0 Å². The Morgan fingerprint density at radius 2 is 1.82 bits per heavy atom. The molecule has 7 nitrogen and oxygen atoms in total. The predicted octanol–water partition coefficient (Wildman–Crippen LogP) is 2.73. The fourth-order valence-corrected chi connectivity index (χ4v) is 5.76. The van der Waals surface area contributed by atoms with Gasteiger partial charge in [0, 0.05) is 49.0 Å². The second-order valence-electron chi connectivity index (χ2n) is 10.1. The standard InChI is InChI=1S/C26H40N4O3/c1-20(2)28-25(32)22-8-6-10-23-21(22)9-7-13-29(23)18-24(31)27-19-26(11-4-3-5-12-26)30-14-16-33-17-15-30/h6,8,10,20H,3-5,7,9,11-19H2,1-2H3,(H,27,31)(H,28,32). The highest BCUT2D eigenvalue weighted by atomic mass is 16.5. The van der Waals surface area contributed by atoms with Crippen molar-refractivity contribution in [1.29, 1.82) is 0 Å². The van der Waals surface area contributed by atoms with E-state index < -0.39 is 0 Å². The first kappa shape index (κ1) is 24.0. The Morgan fingerprint density at radius 1 is 1.06 bits per heavy atom. The molecule has 4 rings (SSSR count). The molecule has 0 atom stereocenters. The Kier molecular flexibility index (Phi) is 7.91. The summed E-state index contributed by atoms with van der Waals surface area (Å²) in [4.78, 5) is 30.5. The Bertz CT molecular complexity index is 829. The highest BCUT2D eigenvalue weighted by Gasteiger charge is 2.39. The van der Waals surface area contributed by atoms with Crippen LogP contribution in [0.1, 0.15) is 68.3 Å². The molecule has 0 radical (unpaired) electrons. The normalized spacial score (nSPS) is 20.9. The van der Waals surface area contributed by atoms with E-state index in [-0.39, 0.29) is 23.4 Å². The summed E-state index contributed by atoms with van der Waals surface area (Å²) in [6, 6.07) is 5.97. The molecule has 182 valence electrons. The minimum absolute atomic E-state index is 0.0297. The van der Waals surface area contributed by atoms with Gasteiger partial charge in [0.25, 0.3) is 5.91 Å². The Morgan fingerprint density at radius 3 is 2.55 bits per heavy atom. The smallest absolute Gasteiger partial charge is 0.251 e. The molecule has 2 heterocycles. The van der Waals surface area contributed by atoms with Gasteiger partial charge in [-0.15, -0.1) is 0 Å². The monoisotopic (exact) mass is 456 g/mol.